The van der Waals surface area contributed by atoms with Gasteiger partial charge in [-0.3, -0.25) is 14.5 Å². The maximum absolute atomic E-state index is 11.9. The van der Waals surface area contributed by atoms with Crippen molar-refractivity contribution in [3.8, 4) is 6.07 Å². The zero-order chi connectivity index (χ0) is 14.5. The van der Waals surface area contributed by atoms with E-state index < -0.39 is 11.9 Å². The third-order valence-corrected chi connectivity index (χ3v) is 3.31. The van der Waals surface area contributed by atoms with Crippen molar-refractivity contribution in [3.05, 3.63) is 29.8 Å². The van der Waals surface area contributed by atoms with Crippen molar-refractivity contribution < 1.29 is 14.7 Å². The number of nitrogens with one attached hydrogen (secondary N) is 1. The van der Waals surface area contributed by atoms with Crippen molar-refractivity contribution in [2.75, 3.05) is 25.0 Å². The normalized spacial score (nSPS) is 18.4. The van der Waals surface area contributed by atoms with E-state index in [1.54, 1.807) is 24.3 Å². The number of anilines is 1. The highest BCUT2D eigenvalue weighted by Crippen LogP contribution is 2.17. The molecule has 0 radical (unpaired) electrons. The van der Waals surface area contributed by atoms with Crippen LogP contribution in [-0.4, -0.2) is 41.5 Å². The van der Waals surface area contributed by atoms with Crippen molar-refractivity contribution in [2.45, 2.75) is 6.42 Å². The average Bonchev–Trinajstić information content (AvgIpc) is 2.88. The summed E-state index contributed by atoms with van der Waals surface area (Å²) in [4.78, 5) is 24.6. The molecule has 0 spiro atoms. The van der Waals surface area contributed by atoms with Crippen molar-refractivity contribution >= 4 is 17.6 Å². The van der Waals surface area contributed by atoms with E-state index in [0.717, 1.165) is 0 Å². The highest BCUT2D eigenvalue weighted by molar-refractivity contribution is 5.93. The van der Waals surface area contributed by atoms with Gasteiger partial charge in [-0.05, 0) is 25.1 Å². The lowest BCUT2D eigenvalue weighted by Crippen LogP contribution is -2.32. The molecular formula is C14H15N3O3. The number of likely N-dealkylation sites (tertiary alicyclic amines) is 1. The van der Waals surface area contributed by atoms with Crippen molar-refractivity contribution in [2.24, 2.45) is 5.92 Å². The van der Waals surface area contributed by atoms with Crippen molar-refractivity contribution in [3.63, 3.8) is 0 Å². The maximum Gasteiger partial charge on any atom is 0.307 e. The fourth-order valence-electron chi connectivity index (χ4n) is 2.26. The monoisotopic (exact) mass is 273 g/mol. The number of hydrogen-bond acceptors (Lipinski definition) is 4. The number of hydrogen-bond donors (Lipinski definition) is 2. The Hall–Kier alpha value is -2.39. The van der Waals surface area contributed by atoms with Gasteiger partial charge in [-0.25, -0.2) is 0 Å². The van der Waals surface area contributed by atoms with Crippen LogP contribution in [0.4, 0.5) is 5.69 Å². The summed E-state index contributed by atoms with van der Waals surface area (Å²) in [5.74, 6) is -1.45. The quantitative estimate of drug-likeness (QED) is 0.850. The van der Waals surface area contributed by atoms with Crippen LogP contribution < -0.4 is 5.32 Å². The Morgan fingerprint density at radius 2 is 2.20 bits per heavy atom. The van der Waals surface area contributed by atoms with Crippen LogP contribution in [0.15, 0.2) is 24.3 Å². The van der Waals surface area contributed by atoms with Gasteiger partial charge < -0.3 is 10.4 Å². The number of para-hydroxylation sites is 1. The summed E-state index contributed by atoms with van der Waals surface area (Å²) in [6.07, 6.45) is 0.567. The lowest BCUT2D eigenvalue weighted by atomic mass is 10.1. The van der Waals surface area contributed by atoms with Gasteiger partial charge in [0.25, 0.3) is 0 Å². The van der Waals surface area contributed by atoms with Crippen molar-refractivity contribution in [1.29, 1.82) is 5.26 Å². The fourth-order valence-corrected chi connectivity index (χ4v) is 2.26. The van der Waals surface area contributed by atoms with E-state index >= 15 is 0 Å². The van der Waals surface area contributed by atoms with E-state index in [0.29, 0.717) is 30.8 Å². The van der Waals surface area contributed by atoms with E-state index in [-0.39, 0.29) is 12.5 Å². The summed E-state index contributed by atoms with van der Waals surface area (Å²) in [6, 6.07) is 8.78. The van der Waals surface area contributed by atoms with Crippen LogP contribution >= 0.6 is 0 Å². The van der Waals surface area contributed by atoms with Crippen LogP contribution in [-0.2, 0) is 9.59 Å². The smallest absolute Gasteiger partial charge is 0.307 e. The Kier molecular flexibility index (Phi) is 4.33. The fraction of sp³-hybridized carbons (Fsp3) is 0.357. The molecule has 1 aliphatic rings. The largest absolute Gasteiger partial charge is 0.481 e. The molecule has 2 rings (SSSR count). The van der Waals surface area contributed by atoms with E-state index in [4.69, 9.17) is 10.4 Å². The lowest BCUT2D eigenvalue weighted by Gasteiger charge is -2.15. The lowest BCUT2D eigenvalue weighted by molar-refractivity contribution is -0.141. The second-order valence-electron chi connectivity index (χ2n) is 4.76. The number of benzene rings is 1. The molecule has 1 unspecified atom stereocenters. The Bertz CT molecular complexity index is 565. The number of carbonyl (C=O) groups is 2. The molecule has 104 valence electrons. The SMILES string of the molecule is N#Cc1ccccc1NC(=O)CN1CCC(C(=O)O)C1. The minimum absolute atomic E-state index is 0.142. The van der Waals surface area contributed by atoms with Gasteiger partial charge in [0.15, 0.2) is 0 Å². The first-order valence-electron chi connectivity index (χ1n) is 6.34. The molecule has 20 heavy (non-hydrogen) atoms. The van der Waals surface area contributed by atoms with E-state index in [2.05, 4.69) is 5.32 Å². The van der Waals surface area contributed by atoms with Crippen LogP contribution in [0.3, 0.4) is 0 Å². The highest BCUT2D eigenvalue weighted by Gasteiger charge is 2.28. The zero-order valence-corrected chi connectivity index (χ0v) is 10.9. The van der Waals surface area contributed by atoms with Gasteiger partial charge in [0.1, 0.15) is 6.07 Å². The van der Waals surface area contributed by atoms with Crippen molar-refractivity contribution in [1.82, 2.24) is 4.90 Å². The number of rotatable bonds is 4. The predicted molar refractivity (Wildman–Crippen MR) is 72.0 cm³/mol. The molecule has 1 atom stereocenters. The Labute approximate surface area is 116 Å². The maximum atomic E-state index is 11.9. The van der Waals surface area contributed by atoms with Gasteiger partial charge in [0.2, 0.25) is 5.91 Å². The first kappa shape index (κ1) is 14.0. The predicted octanol–water partition coefficient (Wildman–Crippen LogP) is 0.903. The molecule has 2 N–H and O–H groups in total. The van der Waals surface area contributed by atoms with Gasteiger partial charge >= 0.3 is 5.97 Å². The van der Waals surface area contributed by atoms with Crippen LogP contribution in [0.25, 0.3) is 0 Å². The highest BCUT2D eigenvalue weighted by atomic mass is 16.4. The first-order valence-corrected chi connectivity index (χ1v) is 6.34. The summed E-state index contributed by atoms with van der Waals surface area (Å²) in [5, 5.41) is 20.5. The number of carboxylic acid groups (broad SMARTS) is 1. The van der Waals surface area contributed by atoms with Gasteiger partial charge in [0, 0.05) is 6.54 Å². The first-order chi connectivity index (χ1) is 9.60. The topological polar surface area (TPSA) is 93.4 Å². The number of nitrogens with zero attached hydrogens (tertiary/aromatic N) is 2. The molecule has 0 aromatic heterocycles. The third kappa shape index (κ3) is 3.33. The number of aliphatic carboxylic acids is 1. The molecule has 0 aliphatic carbocycles. The number of nitriles is 1. The van der Waals surface area contributed by atoms with E-state index in [1.807, 2.05) is 11.0 Å². The summed E-state index contributed by atoms with van der Waals surface area (Å²) < 4.78 is 0. The van der Waals surface area contributed by atoms with Gasteiger partial charge in [0.05, 0.1) is 23.7 Å². The van der Waals surface area contributed by atoms with Crippen LogP contribution in [0.1, 0.15) is 12.0 Å². The molecule has 1 aliphatic heterocycles. The molecular weight excluding hydrogens is 258 g/mol. The summed E-state index contributed by atoms with van der Waals surface area (Å²) in [6.45, 7) is 1.14. The summed E-state index contributed by atoms with van der Waals surface area (Å²) in [5.41, 5.74) is 0.889. The summed E-state index contributed by atoms with van der Waals surface area (Å²) in [7, 11) is 0. The molecule has 6 nitrogen and oxygen atoms in total. The van der Waals surface area contributed by atoms with Crippen LogP contribution in [0.5, 0.6) is 0 Å². The molecule has 1 aromatic carbocycles. The summed E-state index contributed by atoms with van der Waals surface area (Å²) >= 11 is 0. The van der Waals surface area contributed by atoms with Gasteiger partial charge in [-0.2, -0.15) is 5.26 Å². The molecule has 1 saturated heterocycles. The minimum atomic E-state index is -0.817. The molecule has 1 aromatic rings. The molecule has 1 heterocycles. The molecule has 0 bridgehead atoms. The zero-order valence-electron chi connectivity index (χ0n) is 10.9. The second kappa shape index (κ2) is 6.17. The molecule has 6 heteroatoms. The van der Waals surface area contributed by atoms with Gasteiger partial charge in [-0.1, -0.05) is 12.1 Å². The van der Waals surface area contributed by atoms with Crippen LogP contribution in [0, 0.1) is 17.2 Å². The molecule has 1 fully saturated rings. The van der Waals surface area contributed by atoms with Gasteiger partial charge in [-0.15, -0.1) is 0 Å². The number of amides is 1. The van der Waals surface area contributed by atoms with E-state index in [1.165, 1.54) is 0 Å². The Morgan fingerprint density at radius 3 is 2.85 bits per heavy atom. The average molecular weight is 273 g/mol. The Balaban J connectivity index is 1.91. The second-order valence-corrected chi connectivity index (χ2v) is 4.76. The minimum Gasteiger partial charge on any atom is -0.481 e. The standard InChI is InChI=1S/C14H15N3O3/c15-7-10-3-1-2-4-12(10)16-13(18)9-17-6-5-11(8-17)14(19)20/h1-4,11H,5-6,8-9H2,(H,16,18)(H,19,20). The number of carboxylic acids is 1. The Morgan fingerprint density at radius 1 is 1.45 bits per heavy atom. The van der Waals surface area contributed by atoms with Crippen LogP contribution in [0.2, 0.25) is 0 Å². The molecule has 1 amide bonds. The third-order valence-electron chi connectivity index (χ3n) is 3.31. The van der Waals surface area contributed by atoms with E-state index in [9.17, 15) is 9.59 Å². The number of carbonyl (C=O) groups excluding carboxylic acids is 1. The molecule has 0 saturated carbocycles.